The molecule has 0 saturated carbocycles. The fourth-order valence-electron chi connectivity index (χ4n) is 3.65. The van der Waals surface area contributed by atoms with Crippen molar-refractivity contribution < 1.29 is 13.6 Å². The maximum atomic E-state index is 12.9. The van der Waals surface area contributed by atoms with Crippen LogP contribution in [-0.4, -0.2) is 20.7 Å². The second kappa shape index (κ2) is 9.84. The number of hydrogen-bond donors (Lipinski definition) is 1. The smallest absolute Gasteiger partial charge is 0.251 e. The molecule has 34 heavy (non-hydrogen) atoms. The molecule has 0 atom stereocenters. The number of para-hydroxylation sites is 1. The van der Waals surface area contributed by atoms with Gasteiger partial charge in [0.05, 0.1) is 24.8 Å². The molecule has 170 valence electrons. The van der Waals surface area contributed by atoms with Crippen LogP contribution in [0.4, 0.5) is 0 Å². The maximum absolute atomic E-state index is 12.9. The van der Waals surface area contributed by atoms with Crippen molar-refractivity contribution >= 4 is 17.7 Å². The Morgan fingerprint density at radius 3 is 2.53 bits per heavy atom. The molecule has 0 fully saturated rings. The van der Waals surface area contributed by atoms with Gasteiger partial charge in [-0.15, -0.1) is 10.2 Å². The number of carbonyl (C=O) groups excluding carboxylic acids is 1. The maximum Gasteiger partial charge on any atom is 0.251 e. The van der Waals surface area contributed by atoms with Gasteiger partial charge in [-0.3, -0.25) is 9.36 Å². The van der Waals surface area contributed by atoms with E-state index in [0.29, 0.717) is 40.4 Å². The van der Waals surface area contributed by atoms with Crippen molar-refractivity contribution in [3.8, 4) is 17.3 Å². The van der Waals surface area contributed by atoms with Crippen LogP contribution in [0.25, 0.3) is 17.3 Å². The van der Waals surface area contributed by atoms with Gasteiger partial charge >= 0.3 is 0 Å². The first-order chi connectivity index (χ1) is 16.7. The molecule has 0 bridgehead atoms. The Hall–Kier alpha value is -4.04. The molecule has 0 aliphatic heterocycles. The number of benzene rings is 2. The molecular formula is C26H22N4O3S. The number of nitrogens with one attached hydrogen (secondary N) is 1. The number of amides is 1. The first kappa shape index (κ1) is 21.8. The molecule has 1 N–H and O–H groups in total. The second-order valence-corrected chi connectivity index (χ2v) is 8.56. The summed E-state index contributed by atoms with van der Waals surface area (Å²) in [7, 11) is 0. The Balaban J connectivity index is 1.41. The lowest BCUT2D eigenvalue weighted by molar-refractivity contribution is 0.0947. The molecule has 7 nitrogen and oxygen atoms in total. The minimum atomic E-state index is -0.149. The highest BCUT2D eigenvalue weighted by Gasteiger charge is 2.20. The van der Waals surface area contributed by atoms with Gasteiger partial charge in [0.15, 0.2) is 10.9 Å². The first-order valence-corrected chi connectivity index (χ1v) is 11.8. The van der Waals surface area contributed by atoms with Crippen LogP contribution in [0.1, 0.15) is 27.2 Å². The summed E-state index contributed by atoms with van der Waals surface area (Å²) in [5, 5.41) is 12.5. The molecular weight excluding hydrogens is 448 g/mol. The Kier molecular flexibility index (Phi) is 6.31. The minimum absolute atomic E-state index is 0.149. The first-order valence-electron chi connectivity index (χ1n) is 10.8. The molecule has 1 amide bonds. The highest BCUT2D eigenvalue weighted by atomic mass is 32.2. The van der Waals surface area contributed by atoms with Crippen LogP contribution in [0.5, 0.6) is 0 Å². The Morgan fingerprint density at radius 2 is 1.74 bits per heavy atom. The van der Waals surface area contributed by atoms with Crippen molar-refractivity contribution in [2.75, 3.05) is 0 Å². The molecule has 3 heterocycles. The number of thioether (sulfide) groups is 1. The van der Waals surface area contributed by atoms with E-state index in [0.717, 1.165) is 16.8 Å². The van der Waals surface area contributed by atoms with Crippen molar-refractivity contribution in [3.63, 3.8) is 0 Å². The number of carbonyl (C=O) groups is 1. The van der Waals surface area contributed by atoms with Crippen LogP contribution in [0.2, 0.25) is 0 Å². The van der Waals surface area contributed by atoms with Gasteiger partial charge in [-0.1, -0.05) is 48.2 Å². The molecule has 0 saturated heterocycles. The van der Waals surface area contributed by atoms with Crippen molar-refractivity contribution in [2.24, 2.45) is 0 Å². The van der Waals surface area contributed by atoms with E-state index in [9.17, 15) is 4.79 Å². The predicted octanol–water partition coefficient (Wildman–Crippen LogP) is 5.65. The normalized spacial score (nSPS) is 11.0. The number of furan rings is 2. The van der Waals surface area contributed by atoms with Crippen molar-refractivity contribution in [3.05, 3.63) is 108 Å². The van der Waals surface area contributed by atoms with Gasteiger partial charge in [-0.05, 0) is 54.4 Å². The van der Waals surface area contributed by atoms with E-state index in [-0.39, 0.29) is 5.91 Å². The van der Waals surface area contributed by atoms with Crippen LogP contribution < -0.4 is 5.32 Å². The molecule has 0 radical (unpaired) electrons. The van der Waals surface area contributed by atoms with Gasteiger partial charge in [-0.25, -0.2) is 0 Å². The van der Waals surface area contributed by atoms with E-state index in [1.807, 2.05) is 78.2 Å². The van der Waals surface area contributed by atoms with Gasteiger partial charge in [0.1, 0.15) is 5.76 Å². The average Bonchev–Trinajstić information content (AvgIpc) is 3.64. The third-order valence-corrected chi connectivity index (χ3v) is 6.33. The molecule has 2 aromatic carbocycles. The van der Waals surface area contributed by atoms with Crippen molar-refractivity contribution in [1.29, 1.82) is 0 Å². The SMILES string of the molecule is Cc1ccccc1-n1c(SCc2ccccc2C(=O)NCc2ccco2)nnc1-c1ccco1. The molecule has 3 aromatic heterocycles. The van der Waals surface area contributed by atoms with Gasteiger partial charge < -0.3 is 14.2 Å². The van der Waals surface area contributed by atoms with Crippen molar-refractivity contribution in [1.82, 2.24) is 20.1 Å². The third-order valence-electron chi connectivity index (χ3n) is 5.35. The summed E-state index contributed by atoms with van der Waals surface area (Å²) in [4.78, 5) is 12.9. The van der Waals surface area contributed by atoms with E-state index in [2.05, 4.69) is 15.5 Å². The largest absolute Gasteiger partial charge is 0.467 e. The van der Waals surface area contributed by atoms with Gasteiger partial charge in [0, 0.05) is 11.3 Å². The lowest BCUT2D eigenvalue weighted by Gasteiger charge is -2.13. The molecule has 0 aliphatic carbocycles. The number of hydrogen-bond acceptors (Lipinski definition) is 6. The lowest BCUT2D eigenvalue weighted by Crippen LogP contribution is -2.23. The fraction of sp³-hybridized carbons (Fsp3) is 0.115. The summed E-state index contributed by atoms with van der Waals surface area (Å²) in [5.41, 5.74) is 3.60. The molecule has 0 aliphatic rings. The Morgan fingerprint density at radius 1 is 0.941 bits per heavy atom. The van der Waals surface area contributed by atoms with Crippen LogP contribution in [-0.2, 0) is 12.3 Å². The van der Waals surface area contributed by atoms with E-state index >= 15 is 0 Å². The van der Waals surface area contributed by atoms with E-state index in [1.54, 1.807) is 18.6 Å². The topological polar surface area (TPSA) is 86.1 Å². The van der Waals surface area contributed by atoms with Crippen LogP contribution >= 0.6 is 11.8 Å². The standard InChI is InChI=1S/C26H22N4O3S/c1-18-8-2-5-12-22(18)30-24(23-13-7-15-33-23)28-29-26(30)34-17-19-9-3-4-11-21(19)25(31)27-16-20-10-6-14-32-20/h2-15H,16-17H2,1H3,(H,27,31). The lowest BCUT2D eigenvalue weighted by atomic mass is 10.1. The van der Waals surface area contributed by atoms with Gasteiger partial charge in [-0.2, -0.15) is 0 Å². The van der Waals surface area contributed by atoms with Gasteiger partial charge in [0.2, 0.25) is 5.82 Å². The summed E-state index contributed by atoms with van der Waals surface area (Å²) in [6.07, 6.45) is 3.21. The molecule has 8 heteroatoms. The molecule has 0 unspecified atom stereocenters. The number of aryl methyl sites for hydroxylation is 1. The zero-order chi connectivity index (χ0) is 23.3. The van der Waals surface area contributed by atoms with Crippen LogP contribution in [0, 0.1) is 6.92 Å². The summed E-state index contributed by atoms with van der Waals surface area (Å²) in [6, 6.07) is 23.0. The molecule has 5 rings (SSSR count). The quantitative estimate of drug-likeness (QED) is 0.295. The van der Waals surface area contributed by atoms with E-state index in [1.165, 1.54) is 11.8 Å². The fourth-order valence-corrected chi connectivity index (χ4v) is 4.59. The number of nitrogens with zero attached hydrogens (tertiary/aromatic N) is 3. The van der Waals surface area contributed by atoms with E-state index < -0.39 is 0 Å². The summed E-state index contributed by atoms with van der Waals surface area (Å²) in [6.45, 7) is 2.38. The van der Waals surface area contributed by atoms with E-state index in [4.69, 9.17) is 8.83 Å². The number of aromatic nitrogens is 3. The third kappa shape index (κ3) is 4.53. The minimum Gasteiger partial charge on any atom is -0.467 e. The highest BCUT2D eigenvalue weighted by Crippen LogP contribution is 2.31. The number of rotatable bonds is 8. The monoisotopic (exact) mass is 470 g/mol. The Labute approximate surface area is 200 Å². The summed E-state index contributed by atoms with van der Waals surface area (Å²) in [5.74, 6) is 2.37. The highest BCUT2D eigenvalue weighted by molar-refractivity contribution is 7.98. The van der Waals surface area contributed by atoms with Crippen molar-refractivity contribution in [2.45, 2.75) is 24.4 Å². The molecule has 5 aromatic rings. The summed E-state index contributed by atoms with van der Waals surface area (Å²) < 4.78 is 12.9. The zero-order valence-corrected chi connectivity index (χ0v) is 19.3. The van der Waals surface area contributed by atoms with Gasteiger partial charge in [0.25, 0.3) is 5.91 Å². The zero-order valence-electron chi connectivity index (χ0n) is 18.5. The second-order valence-electron chi connectivity index (χ2n) is 7.61. The molecule has 0 spiro atoms. The average molecular weight is 471 g/mol. The predicted molar refractivity (Wildman–Crippen MR) is 130 cm³/mol. The van der Waals surface area contributed by atoms with Crippen LogP contribution in [0.3, 0.4) is 0 Å². The van der Waals surface area contributed by atoms with Crippen LogP contribution in [0.15, 0.2) is 99.3 Å². The Bertz CT molecular complexity index is 1390. The summed E-state index contributed by atoms with van der Waals surface area (Å²) >= 11 is 1.52.